The first-order chi connectivity index (χ1) is 19.4. The van der Waals surface area contributed by atoms with Crippen molar-refractivity contribution in [3.05, 3.63) is 101 Å². The monoisotopic (exact) mass is 540 g/mol. The van der Waals surface area contributed by atoms with Crippen LogP contribution in [0.25, 0.3) is 5.70 Å². The molecule has 40 heavy (non-hydrogen) atoms. The predicted molar refractivity (Wildman–Crippen MR) is 158 cm³/mol. The Hall–Kier alpha value is -4.59. The van der Waals surface area contributed by atoms with Gasteiger partial charge in [-0.2, -0.15) is 0 Å². The number of amides is 4. The molecule has 0 fully saturated rings. The van der Waals surface area contributed by atoms with Gasteiger partial charge in [0.05, 0.1) is 23.9 Å². The van der Waals surface area contributed by atoms with Gasteiger partial charge in [0.1, 0.15) is 0 Å². The summed E-state index contributed by atoms with van der Waals surface area (Å²) < 4.78 is 5.50. The van der Waals surface area contributed by atoms with Crippen LogP contribution < -0.4 is 16.0 Å². The van der Waals surface area contributed by atoms with Gasteiger partial charge >= 0.3 is 18.0 Å². The highest BCUT2D eigenvalue weighted by Gasteiger charge is 2.38. The van der Waals surface area contributed by atoms with Crippen molar-refractivity contribution in [3.8, 4) is 0 Å². The molecule has 0 aliphatic carbocycles. The van der Waals surface area contributed by atoms with E-state index in [2.05, 4.69) is 29.8 Å². The highest BCUT2D eigenvalue weighted by Crippen LogP contribution is 2.37. The number of rotatable bonds is 10. The Bertz CT molecular complexity index is 1390. The minimum Gasteiger partial charge on any atom is -0.463 e. The Balaban J connectivity index is 1.71. The second-order valence-electron chi connectivity index (χ2n) is 9.49. The number of carbonyl (C=O) groups is 3. The maximum atomic E-state index is 13.5. The molecule has 0 spiro atoms. The van der Waals surface area contributed by atoms with Crippen molar-refractivity contribution in [2.75, 3.05) is 23.8 Å². The molecule has 0 radical (unpaired) electrons. The van der Waals surface area contributed by atoms with Gasteiger partial charge in [-0.25, -0.2) is 14.4 Å². The van der Waals surface area contributed by atoms with Crippen LogP contribution in [-0.2, 0) is 16.0 Å². The number of benzene rings is 3. The summed E-state index contributed by atoms with van der Waals surface area (Å²) in [7, 11) is 0. The zero-order valence-corrected chi connectivity index (χ0v) is 23.2. The van der Waals surface area contributed by atoms with E-state index in [1.54, 1.807) is 30.0 Å². The lowest BCUT2D eigenvalue weighted by molar-refractivity contribution is -0.138. The van der Waals surface area contributed by atoms with Gasteiger partial charge in [-0.1, -0.05) is 74.9 Å². The topological polar surface area (TPSA) is 99.8 Å². The number of aryl methyl sites for hydroxylation is 1. The number of unbranched alkanes of at least 4 members (excludes halogenated alkanes) is 1. The molecule has 1 heterocycles. The molecular weight excluding hydrogens is 504 g/mol. The van der Waals surface area contributed by atoms with Gasteiger partial charge in [-0.3, -0.25) is 4.90 Å². The molecule has 0 unspecified atom stereocenters. The minimum atomic E-state index is -0.773. The Labute approximate surface area is 235 Å². The molecular formula is C32H36N4O4. The van der Waals surface area contributed by atoms with Gasteiger partial charge in [0, 0.05) is 17.9 Å². The van der Waals surface area contributed by atoms with Crippen molar-refractivity contribution in [2.24, 2.45) is 0 Å². The van der Waals surface area contributed by atoms with E-state index < -0.39 is 18.0 Å². The zero-order valence-electron chi connectivity index (χ0n) is 23.2. The van der Waals surface area contributed by atoms with Crippen molar-refractivity contribution in [1.82, 2.24) is 10.2 Å². The molecule has 8 heteroatoms. The van der Waals surface area contributed by atoms with Crippen LogP contribution in [0.4, 0.5) is 21.0 Å². The maximum absolute atomic E-state index is 13.5. The van der Waals surface area contributed by atoms with E-state index >= 15 is 0 Å². The van der Waals surface area contributed by atoms with Crippen LogP contribution in [0.15, 0.2) is 84.4 Å². The summed E-state index contributed by atoms with van der Waals surface area (Å²) in [5, 5.41) is 8.73. The van der Waals surface area contributed by atoms with Crippen molar-refractivity contribution in [1.29, 1.82) is 0 Å². The van der Waals surface area contributed by atoms with Gasteiger partial charge in [0.15, 0.2) is 0 Å². The summed E-state index contributed by atoms with van der Waals surface area (Å²) in [6.45, 7) is 6.52. The van der Waals surface area contributed by atoms with Gasteiger partial charge in [0.2, 0.25) is 0 Å². The fraction of sp³-hybridized carbons (Fsp3) is 0.281. The smallest absolute Gasteiger partial charge is 0.338 e. The van der Waals surface area contributed by atoms with Gasteiger partial charge in [-0.15, -0.1) is 0 Å². The van der Waals surface area contributed by atoms with Crippen molar-refractivity contribution >= 4 is 35.1 Å². The van der Waals surface area contributed by atoms with Crippen LogP contribution in [0, 0.1) is 0 Å². The molecule has 1 atom stereocenters. The van der Waals surface area contributed by atoms with E-state index in [0.29, 0.717) is 34.8 Å². The standard InChI is InChI=1S/C32H36N4O4/c1-4-7-19-36-29(23-14-9-8-10-15-23)27(30(37)40-6-3)28(35-32(36)39)24-16-12-18-26(21-24)34-31(38)33-25-17-11-13-22(5-2)20-25/h8-18,20-21,28H,4-7,19H2,1-3H3,(H,35,39)(H2,33,34,38)/t28-/m0/s1. The summed E-state index contributed by atoms with van der Waals surface area (Å²) >= 11 is 0. The number of esters is 1. The molecule has 4 amide bonds. The third kappa shape index (κ3) is 6.69. The summed E-state index contributed by atoms with van der Waals surface area (Å²) in [6.07, 6.45) is 2.53. The van der Waals surface area contributed by atoms with E-state index in [9.17, 15) is 14.4 Å². The first-order valence-electron chi connectivity index (χ1n) is 13.8. The highest BCUT2D eigenvalue weighted by atomic mass is 16.5. The molecule has 0 bridgehead atoms. The lowest BCUT2D eigenvalue weighted by atomic mass is 9.91. The second-order valence-corrected chi connectivity index (χ2v) is 9.49. The van der Waals surface area contributed by atoms with E-state index in [1.807, 2.05) is 60.7 Å². The summed E-state index contributed by atoms with van der Waals surface area (Å²) in [4.78, 5) is 41.3. The summed E-state index contributed by atoms with van der Waals surface area (Å²) in [6, 6.07) is 22.8. The van der Waals surface area contributed by atoms with Crippen LogP contribution in [0.5, 0.6) is 0 Å². The van der Waals surface area contributed by atoms with Crippen LogP contribution >= 0.6 is 0 Å². The fourth-order valence-corrected chi connectivity index (χ4v) is 4.73. The van der Waals surface area contributed by atoms with E-state index in [4.69, 9.17) is 4.74 Å². The molecule has 1 aliphatic heterocycles. The molecule has 1 aliphatic rings. The third-order valence-electron chi connectivity index (χ3n) is 6.68. The largest absolute Gasteiger partial charge is 0.463 e. The first-order valence-corrected chi connectivity index (χ1v) is 13.8. The van der Waals surface area contributed by atoms with Crippen LogP contribution in [0.2, 0.25) is 0 Å². The van der Waals surface area contributed by atoms with Crippen molar-refractivity contribution in [3.63, 3.8) is 0 Å². The number of ether oxygens (including phenoxy) is 1. The number of hydrogen-bond donors (Lipinski definition) is 3. The number of carbonyl (C=O) groups excluding carboxylic acids is 3. The molecule has 208 valence electrons. The molecule has 3 aromatic rings. The lowest BCUT2D eigenvalue weighted by Gasteiger charge is -2.37. The Morgan fingerprint density at radius 2 is 1.60 bits per heavy atom. The minimum absolute atomic E-state index is 0.195. The quantitative estimate of drug-likeness (QED) is 0.248. The lowest BCUT2D eigenvalue weighted by Crippen LogP contribution is -2.48. The molecule has 3 aromatic carbocycles. The van der Waals surface area contributed by atoms with E-state index in [1.165, 1.54) is 0 Å². The Morgan fingerprint density at radius 1 is 0.900 bits per heavy atom. The second kappa shape index (κ2) is 13.5. The molecule has 0 saturated heterocycles. The van der Waals surface area contributed by atoms with Crippen LogP contribution in [0.3, 0.4) is 0 Å². The number of nitrogens with one attached hydrogen (secondary N) is 3. The van der Waals surface area contributed by atoms with E-state index in [0.717, 1.165) is 30.4 Å². The fourth-order valence-electron chi connectivity index (χ4n) is 4.73. The molecule has 0 aromatic heterocycles. The summed E-state index contributed by atoms with van der Waals surface area (Å²) in [5.74, 6) is -0.500. The number of anilines is 2. The maximum Gasteiger partial charge on any atom is 0.338 e. The third-order valence-corrected chi connectivity index (χ3v) is 6.68. The zero-order chi connectivity index (χ0) is 28.5. The molecule has 4 rings (SSSR count). The normalized spacial score (nSPS) is 14.9. The Morgan fingerprint density at radius 3 is 2.27 bits per heavy atom. The number of nitrogens with zero attached hydrogens (tertiary/aromatic N) is 1. The number of hydrogen-bond acceptors (Lipinski definition) is 4. The molecule has 8 nitrogen and oxygen atoms in total. The van der Waals surface area contributed by atoms with Crippen molar-refractivity contribution in [2.45, 2.75) is 46.1 Å². The highest BCUT2D eigenvalue weighted by molar-refractivity contribution is 6.05. The SMILES string of the molecule is CCCCN1C(=O)N[C@@H](c2cccc(NC(=O)Nc3cccc(CC)c3)c2)C(C(=O)OCC)=C1c1ccccc1. The average molecular weight is 541 g/mol. The Kier molecular flexibility index (Phi) is 9.57. The molecule has 3 N–H and O–H groups in total. The average Bonchev–Trinajstić information content (AvgIpc) is 2.96. The first kappa shape index (κ1) is 28.4. The number of urea groups is 2. The van der Waals surface area contributed by atoms with Crippen molar-refractivity contribution < 1.29 is 19.1 Å². The van der Waals surface area contributed by atoms with Gasteiger partial charge in [-0.05, 0) is 60.7 Å². The van der Waals surface area contributed by atoms with Gasteiger partial charge < -0.3 is 20.7 Å². The summed E-state index contributed by atoms with van der Waals surface area (Å²) in [5.41, 5.74) is 4.62. The predicted octanol–water partition coefficient (Wildman–Crippen LogP) is 6.73. The van der Waals surface area contributed by atoms with E-state index in [-0.39, 0.29) is 12.6 Å². The van der Waals surface area contributed by atoms with Crippen LogP contribution in [0.1, 0.15) is 56.3 Å². The molecule has 0 saturated carbocycles. The van der Waals surface area contributed by atoms with Crippen LogP contribution in [-0.4, -0.2) is 36.1 Å². The van der Waals surface area contributed by atoms with Gasteiger partial charge in [0.25, 0.3) is 0 Å².